The third kappa shape index (κ3) is 4.35. The number of rotatable bonds is 7. The fourth-order valence-corrected chi connectivity index (χ4v) is 3.54. The third-order valence-electron chi connectivity index (χ3n) is 4.93. The largest absolute Gasteiger partial charge is 0.329 e. The molecule has 0 atom stereocenters. The van der Waals surface area contributed by atoms with E-state index >= 15 is 0 Å². The van der Waals surface area contributed by atoms with Crippen molar-refractivity contribution in [1.82, 2.24) is 9.66 Å². The molecule has 4 aromatic rings. The number of nitro benzene ring substituents is 3. The second kappa shape index (κ2) is 8.91. The first-order valence-corrected chi connectivity index (χ1v) is 10.0. The summed E-state index contributed by atoms with van der Waals surface area (Å²) in [5.74, 6) is 0. The van der Waals surface area contributed by atoms with Crippen LogP contribution in [-0.4, -0.2) is 24.4 Å². The van der Waals surface area contributed by atoms with Crippen LogP contribution in [-0.2, 0) is 0 Å². The number of imidazole rings is 1. The number of non-ortho nitro benzene ring substituents is 3. The average Bonchev–Trinajstić information content (AvgIpc) is 3.15. The molecule has 13 heteroatoms. The lowest BCUT2D eigenvalue weighted by Crippen LogP contribution is -2.11. The first-order chi connectivity index (χ1) is 16.2. The number of aromatic amines is 1. The van der Waals surface area contributed by atoms with Gasteiger partial charge in [0, 0.05) is 47.5 Å². The zero-order valence-corrected chi connectivity index (χ0v) is 17.9. The summed E-state index contributed by atoms with van der Waals surface area (Å²) in [6.07, 6.45) is 0. The van der Waals surface area contributed by atoms with E-state index in [4.69, 9.17) is 12.2 Å². The molecule has 0 bridgehead atoms. The Morgan fingerprint density at radius 1 is 0.676 bits per heavy atom. The molecule has 0 aliphatic rings. The molecule has 0 unspecified atom stereocenters. The molecule has 0 fully saturated rings. The average molecular weight is 478 g/mol. The highest BCUT2D eigenvalue weighted by Crippen LogP contribution is 2.34. The van der Waals surface area contributed by atoms with Crippen LogP contribution < -0.4 is 5.43 Å². The predicted octanol–water partition coefficient (Wildman–Crippen LogP) is 5.48. The Morgan fingerprint density at radius 2 is 1.09 bits per heavy atom. The van der Waals surface area contributed by atoms with Gasteiger partial charge >= 0.3 is 0 Å². The van der Waals surface area contributed by atoms with Gasteiger partial charge in [0.25, 0.3) is 17.1 Å². The topological polar surface area (TPSA) is 162 Å². The molecule has 1 heterocycles. The lowest BCUT2D eigenvalue weighted by Gasteiger charge is -2.13. The Morgan fingerprint density at radius 3 is 1.53 bits per heavy atom. The quantitative estimate of drug-likeness (QED) is 0.200. The van der Waals surface area contributed by atoms with Crippen LogP contribution >= 0.6 is 12.2 Å². The molecule has 0 spiro atoms. The summed E-state index contributed by atoms with van der Waals surface area (Å²) >= 11 is 5.48. The molecule has 0 aliphatic heterocycles. The lowest BCUT2D eigenvalue weighted by molar-refractivity contribution is -0.385. The molecular weight excluding hydrogens is 464 g/mol. The zero-order chi connectivity index (χ0) is 24.4. The highest BCUT2D eigenvalue weighted by Gasteiger charge is 2.19. The zero-order valence-electron chi connectivity index (χ0n) is 17.1. The summed E-state index contributed by atoms with van der Waals surface area (Å²) in [5.41, 5.74) is 5.51. The van der Waals surface area contributed by atoms with Crippen molar-refractivity contribution in [3.63, 3.8) is 0 Å². The van der Waals surface area contributed by atoms with Gasteiger partial charge in [0.15, 0.2) is 4.77 Å². The Hall–Kier alpha value is -4.91. The van der Waals surface area contributed by atoms with Crippen LogP contribution in [0, 0.1) is 35.1 Å². The van der Waals surface area contributed by atoms with Crippen molar-refractivity contribution in [3.05, 3.63) is 108 Å². The highest BCUT2D eigenvalue weighted by molar-refractivity contribution is 7.71. The van der Waals surface area contributed by atoms with E-state index in [9.17, 15) is 30.3 Å². The van der Waals surface area contributed by atoms with E-state index in [1.54, 1.807) is 24.3 Å². The molecule has 0 saturated heterocycles. The molecule has 3 aromatic carbocycles. The molecule has 4 rings (SSSR count). The van der Waals surface area contributed by atoms with Crippen molar-refractivity contribution in [2.75, 3.05) is 5.43 Å². The summed E-state index contributed by atoms with van der Waals surface area (Å²) in [5, 5.41) is 33.0. The highest BCUT2D eigenvalue weighted by atomic mass is 32.1. The van der Waals surface area contributed by atoms with E-state index in [2.05, 4.69) is 10.4 Å². The summed E-state index contributed by atoms with van der Waals surface area (Å²) < 4.78 is 1.76. The van der Waals surface area contributed by atoms with Gasteiger partial charge in [-0.2, -0.15) is 0 Å². The SMILES string of the molecule is O=[N+]([O-])c1ccc(Nn2c(-c3ccc([N+](=O)[O-])cc3)c(-c3ccc([N+](=O)[O-])cc3)[nH]c2=S)cc1. The van der Waals surface area contributed by atoms with Crippen LogP contribution in [0.15, 0.2) is 72.8 Å². The second-order valence-electron chi connectivity index (χ2n) is 7.01. The maximum Gasteiger partial charge on any atom is 0.269 e. The molecule has 1 aromatic heterocycles. The van der Waals surface area contributed by atoms with Gasteiger partial charge < -0.3 is 4.98 Å². The van der Waals surface area contributed by atoms with Crippen LogP contribution in [0.1, 0.15) is 0 Å². The molecule has 12 nitrogen and oxygen atoms in total. The summed E-state index contributed by atoms with van der Waals surface area (Å²) in [7, 11) is 0. The van der Waals surface area contributed by atoms with Crippen LogP contribution in [0.25, 0.3) is 22.5 Å². The Balaban J connectivity index is 1.85. The monoisotopic (exact) mass is 478 g/mol. The van der Waals surface area contributed by atoms with Crippen LogP contribution in [0.5, 0.6) is 0 Å². The van der Waals surface area contributed by atoms with E-state index in [-0.39, 0.29) is 21.8 Å². The fraction of sp³-hybridized carbons (Fsp3) is 0. The van der Waals surface area contributed by atoms with E-state index in [1.807, 2.05) is 0 Å². The van der Waals surface area contributed by atoms with Gasteiger partial charge in [0.2, 0.25) is 0 Å². The van der Waals surface area contributed by atoms with Gasteiger partial charge in [-0.25, -0.2) is 4.68 Å². The summed E-state index contributed by atoms with van der Waals surface area (Å²) in [4.78, 5) is 34.6. The fourth-order valence-electron chi connectivity index (χ4n) is 3.30. The van der Waals surface area contributed by atoms with Crippen LogP contribution in [0.4, 0.5) is 22.7 Å². The van der Waals surface area contributed by atoms with Gasteiger partial charge in [0.05, 0.1) is 31.8 Å². The molecular formula is C21H14N6O6S. The van der Waals surface area contributed by atoms with Gasteiger partial charge in [-0.15, -0.1) is 0 Å². The number of nitro groups is 3. The minimum absolute atomic E-state index is 0.0784. The lowest BCUT2D eigenvalue weighted by atomic mass is 10.0. The van der Waals surface area contributed by atoms with Crippen molar-refractivity contribution in [2.24, 2.45) is 0 Å². The number of benzene rings is 3. The first-order valence-electron chi connectivity index (χ1n) is 9.61. The van der Waals surface area contributed by atoms with E-state index in [0.717, 1.165) is 0 Å². The third-order valence-corrected chi connectivity index (χ3v) is 5.22. The van der Waals surface area contributed by atoms with Gasteiger partial charge in [0.1, 0.15) is 0 Å². The minimum Gasteiger partial charge on any atom is -0.329 e. The molecule has 0 aliphatic carbocycles. The number of hydrogen-bond donors (Lipinski definition) is 2. The maximum atomic E-state index is 11.1. The van der Waals surface area contributed by atoms with E-state index in [0.29, 0.717) is 28.2 Å². The number of nitrogens with one attached hydrogen (secondary N) is 2. The number of aromatic nitrogens is 2. The molecule has 0 amide bonds. The summed E-state index contributed by atoms with van der Waals surface area (Å²) in [6, 6.07) is 17.3. The van der Waals surface area contributed by atoms with E-state index in [1.165, 1.54) is 53.2 Å². The molecule has 34 heavy (non-hydrogen) atoms. The number of H-pyrrole nitrogens is 1. The van der Waals surface area contributed by atoms with Gasteiger partial charge in [-0.1, -0.05) is 0 Å². The minimum atomic E-state index is -0.514. The van der Waals surface area contributed by atoms with Gasteiger partial charge in [-0.05, 0) is 48.6 Å². The Bertz CT molecular complexity index is 1460. The summed E-state index contributed by atoms with van der Waals surface area (Å²) in [6.45, 7) is 0. The Labute approximate surface area is 195 Å². The number of hydrogen-bond acceptors (Lipinski definition) is 8. The van der Waals surface area contributed by atoms with E-state index < -0.39 is 14.8 Å². The number of anilines is 1. The molecule has 0 saturated carbocycles. The van der Waals surface area contributed by atoms with Crippen molar-refractivity contribution < 1.29 is 14.8 Å². The maximum absolute atomic E-state index is 11.1. The second-order valence-corrected chi connectivity index (χ2v) is 7.40. The first kappa shape index (κ1) is 22.3. The normalized spacial score (nSPS) is 10.6. The standard InChI is InChI=1S/C21H14N6O6S/c28-25(29)16-7-1-13(2-8-16)19-20(14-3-9-17(10-4-14)26(30)31)24(21(34)22-19)23-15-5-11-18(12-6-15)27(32)33/h1-12,23H,(H,22,34). The van der Waals surface area contributed by atoms with Crippen molar-refractivity contribution >= 4 is 35.0 Å². The van der Waals surface area contributed by atoms with Crippen LogP contribution in [0.3, 0.4) is 0 Å². The van der Waals surface area contributed by atoms with Gasteiger partial charge in [-0.3, -0.25) is 35.8 Å². The van der Waals surface area contributed by atoms with Crippen molar-refractivity contribution in [2.45, 2.75) is 0 Å². The number of nitrogens with zero attached hydrogens (tertiary/aromatic N) is 4. The molecule has 0 radical (unpaired) electrons. The predicted molar refractivity (Wildman–Crippen MR) is 126 cm³/mol. The van der Waals surface area contributed by atoms with Crippen LogP contribution in [0.2, 0.25) is 0 Å². The molecule has 2 N–H and O–H groups in total. The Kier molecular flexibility index (Phi) is 5.84. The van der Waals surface area contributed by atoms with Crippen molar-refractivity contribution in [3.8, 4) is 22.5 Å². The van der Waals surface area contributed by atoms with Crippen molar-refractivity contribution in [1.29, 1.82) is 0 Å². The smallest absolute Gasteiger partial charge is 0.269 e. The molecule has 170 valence electrons.